The molecule has 88 valence electrons. The first-order chi connectivity index (χ1) is 8.24. The van der Waals surface area contributed by atoms with Crippen molar-refractivity contribution >= 4 is 11.7 Å². The van der Waals surface area contributed by atoms with Crippen molar-refractivity contribution in [3.63, 3.8) is 0 Å². The van der Waals surface area contributed by atoms with Gasteiger partial charge in [0, 0.05) is 5.69 Å². The summed E-state index contributed by atoms with van der Waals surface area (Å²) in [6.45, 7) is 0.243. The standard InChI is InChI=1S/C10H10FN5O/c11-7-1-3-8(4-2-7)15-10(17)12-5-9-13-6-14-16-9/h1-4,6H,5H2,(H2,12,15,17)(H,13,14,16). The number of aromatic amines is 1. The molecule has 0 unspecified atom stereocenters. The Morgan fingerprint density at radius 3 is 2.76 bits per heavy atom. The van der Waals surface area contributed by atoms with Gasteiger partial charge in [-0.05, 0) is 24.3 Å². The molecular weight excluding hydrogens is 225 g/mol. The molecular formula is C10H10FN5O. The molecule has 0 fully saturated rings. The summed E-state index contributed by atoms with van der Waals surface area (Å²) in [6.07, 6.45) is 1.36. The second kappa shape index (κ2) is 5.06. The lowest BCUT2D eigenvalue weighted by molar-refractivity contribution is 0.251. The second-order valence-corrected chi connectivity index (χ2v) is 3.25. The average Bonchev–Trinajstić information content (AvgIpc) is 2.83. The van der Waals surface area contributed by atoms with Gasteiger partial charge in [0.2, 0.25) is 0 Å². The van der Waals surface area contributed by atoms with Crippen LogP contribution in [0.25, 0.3) is 0 Å². The molecule has 7 heteroatoms. The number of rotatable bonds is 3. The molecule has 0 aliphatic carbocycles. The maximum Gasteiger partial charge on any atom is 0.319 e. The number of carbonyl (C=O) groups excluding carboxylic acids is 1. The normalized spacial score (nSPS) is 9.94. The first-order valence-corrected chi connectivity index (χ1v) is 4.89. The summed E-state index contributed by atoms with van der Waals surface area (Å²) in [7, 11) is 0. The molecule has 0 saturated carbocycles. The van der Waals surface area contributed by atoms with Crippen LogP contribution in [0, 0.1) is 5.82 Å². The molecule has 0 saturated heterocycles. The highest BCUT2D eigenvalue weighted by molar-refractivity contribution is 5.89. The Hall–Kier alpha value is -2.44. The molecule has 1 heterocycles. The summed E-state index contributed by atoms with van der Waals surface area (Å²) in [4.78, 5) is 15.3. The van der Waals surface area contributed by atoms with Gasteiger partial charge in [0.1, 0.15) is 18.0 Å². The van der Waals surface area contributed by atoms with Gasteiger partial charge in [0.05, 0.1) is 6.54 Å². The number of nitrogens with one attached hydrogen (secondary N) is 3. The molecule has 0 radical (unpaired) electrons. The highest BCUT2D eigenvalue weighted by atomic mass is 19.1. The van der Waals surface area contributed by atoms with Gasteiger partial charge in [-0.2, -0.15) is 5.10 Å². The van der Waals surface area contributed by atoms with Crippen LogP contribution in [0.4, 0.5) is 14.9 Å². The fraction of sp³-hybridized carbons (Fsp3) is 0.100. The number of nitrogens with zero attached hydrogens (tertiary/aromatic N) is 2. The minimum absolute atomic E-state index is 0.243. The zero-order chi connectivity index (χ0) is 12.1. The number of carbonyl (C=O) groups is 1. The highest BCUT2D eigenvalue weighted by Gasteiger charge is 2.02. The van der Waals surface area contributed by atoms with Crippen LogP contribution in [0.5, 0.6) is 0 Å². The Kier molecular flexibility index (Phi) is 3.29. The number of hydrogen-bond acceptors (Lipinski definition) is 3. The van der Waals surface area contributed by atoms with Crippen LogP contribution in [0.2, 0.25) is 0 Å². The molecule has 0 bridgehead atoms. The maximum absolute atomic E-state index is 12.6. The summed E-state index contributed by atoms with van der Waals surface area (Å²) in [6, 6.07) is 5.10. The van der Waals surface area contributed by atoms with Crippen LogP contribution in [0.3, 0.4) is 0 Å². The lowest BCUT2D eigenvalue weighted by Crippen LogP contribution is -2.28. The molecule has 0 aliphatic heterocycles. The average molecular weight is 235 g/mol. The highest BCUT2D eigenvalue weighted by Crippen LogP contribution is 2.07. The summed E-state index contributed by atoms with van der Waals surface area (Å²) in [5.74, 6) is 0.205. The van der Waals surface area contributed by atoms with Gasteiger partial charge in [-0.15, -0.1) is 0 Å². The Balaban J connectivity index is 1.83. The third-order valence-electron chi connectivity index (χ3n) is 1.98. The van der Waals surface area contributed by atoms with E-state index in [9.17, 15) is 9.18 Å². The summed E-state index contributed by atoms with van der Waals surface area (Å²) in [5, 5.41) is 11.4. The third-order valence-corrected chi connectivity index (χ3v) is 1.98. The number of benzene rings is 1. The Labute approximate surface area is 96.3 Å². The minimum Gasteiger partial charge on any atom is -0.331 e. The SMILES string of the molecule is O=C(NCc1ncn[nH]1)Nc1ccc(F)cc1. The molecule has 3 N–H and O–H groups in total. The van der Waals surface area contributed by atoms with Crippen molar-refractivity contribution in [3.05, 3.63) is 42.2 Å². The van der Waals surface area contributed by atoms with Crippen LogP contribution in [0.1, 0.15) is 5.82 Å². The number of anilines is 1. The summed E-state index contributed by atoms with van der Waals surface area (Å²) >= 11 is 0. The van der Waals surface area contributed by atoms with Crippen LogP contribution in [-0.2, 0) is 6.54 Å². The van der Waals surface area contributed by atoms with Crippen molar-refractivity contribution in [3.8, 4) is 0 Å². The van der Waals surface area contributed by atoms with Crippen molar-refractivity contribution in [1.29, 1.82) is 0 Å². The minimum atomic E-state index is -0.395. The van der Waals surface area contributed by atoms with E-state index in [0.717, 1.165) is 0 Å². The van der Waals surface area contributed by atoms with Crippen LogP contribution in [-0.4, -0.2) is 21.2 Å². The van der Waals surface area contributed by atoms with Gasteiger partial charge in [0.25, 0.3) is 0 Å². The first-order valence-electron chi connectivity index (χ1n) is 4.89. The molecule has 0 spiro atoms. The van der Waals surface area contributed by atoms with E-state index in [1.165, 1.54) is 30.6 Å². The molecule has 17 heavy (non-hydrogen) atoms. The second-order valence-electron chi connectivity index (χ2n) is 3.25. The van der Waals surface area contributed by atoms with E-state index >= 15 is 0 Å². The molecule has 0 aliphatic rings. The maximum atomic E-state index is 12.6. The fourth-order valence-electron chi connectivity index (χ4n) is 1.19. The molecule has 0 atom stereocenters. The molecule has 1 aromatic heterocycles. The van der Waals surface area contributed by atoms with Gasteiger partial charge in [-0.25, -0.2) is 14.2 Å². The zero-order valence-corrected chi connectivity index (χ0v) is 8.77. The van der Waals surface area contributed by atoms with Gasteiger partial charge >= 0.3 is 6.03 Å². The number of aromatic nitrogens is 3. The Bertz CT molecular complexity index is 482. The Morgan fingerprint density at radius 2 is 2.12 bits per heavy atom. The number of halogens is 1. The van der Waals surface area contributed by atoms with E-state index < -0.39 is 6.03 Å². The van der Waals surface area contributed by atoms with E-state index in [4.69, 9.17) is 0 Å². The van der Waals surface area contributed by atoms with Crippen LogP contribution in [0.15, 0.2) is 30.6 Å². The lowest BCUT2D eigenvalue weighted by atomic mass is 10.3. The van der Waals surface area contributed by atoms with Crippen molar-refractivity contribution in [2.75, 3.05) is 5.32 Å². The van der Waals surface area contributed by atoms with Crippen LogP contribution < -0.4 is 10.6 Å². The van der Waals surface area contributed by atoms with E-state index in [-0.39, 0.29) is 12.4 Å². The predicted molar refractivity (Wildman–Crippen MR) is 58.6 cm³/mol. The van der Waals surface area contributed by atoms with Crippen molar-refractivity contribution < 1.29 is 9.18 Å². The number of amides is 2. The monoisotopic (exact) mass is 235 g/mol. The predicted octanol–water partition coefficient (Wildman–Crippen LogP) is 1.27. The van der Waals surface area contributed by atoms with Crippen molar-refractivity contribution in [2.45, 2.75) is 6.54 Å². The number of urea groups is 1. The van der Waals surface area contributed by atoms with Crippen molar-refractivity contribution in [2.24, 2.45) is 0 Å². The van der Waals surface area contributed by atoms with Crippen molar-refractivity contribution in [1.82, 2.24) is 20.5 Å². The van der Waals surface area contributed by atoms with Gasteiger partial charge < -0.3 is 10.6 Å². The largest absolute Gasteiger partial charge is 0.331 e. The Morgan fingerprint density at radius 1 is 1.35 bits per heavy atom. The van der Waals surface area contributed by atoms with Crippen LogP contribution >= 0.6 is 0 Å². The zero-order valence-electron chi connectivity index (χ0n) is 8.77. The molecule has 6 nitrogen and oxygen atoms in total. The van der Waals surface area contributed by atoms with Gasteiger partial charge in [-0.1, -0.05) is 0 Å². The van der Waals surface area contributed by atoms with E-state index in [2.05, 4.69) is 25.8 Å². The van der Waals surface area contributed by atoms with Gasteiger partial charge in [0.15, 0.2) is 0 Å². The van der Waals surface area contributed by atoms with E-state index in [0.29, 0.717) is 11.5 Å². The molecule has 2 amide bonds. The quantitative estimate of drug-likeness (QED) is 0.749. The number of H-pyrrole nitrogens is 1. The lowest BCUT2D eigenvalue weighted by Gasteiger charge is -2.05. The summed E-state index contributed by atoms with van der Waals surface area (Å²) < 4.78 is 12.6. The topological polar surface area (TPSA) is 82.7 Å². The molecule has 2 aromatic rings. The molecule has 2 rings (SSSR count). The third kappa shape index (κ3) is 3.26. The fourth-order valence-corrected chi connectivity index (χ4v) is 1.19. The first kappa shape index (κ1) is 11.1. The molecule has 1 aromatic carbocycles. The smallest absolute Gasteiger partial charge is 0.319 e. The number of hydrogen-bond donors (Lipinski definition) is 3. The van der Waals surface area contributed by atoms with Gasteiger partial charge in [-0.3, -0.25) is 5.10 Å². The van der Waals surface area contributed by atoms with E-state index in [1.807, 2.05) is 0 Å². The van der Waals surface area contributed by atoms with E-state index in [1.54, 1.807) is 0 Å². The summed E-state index contributed by atoms with van der Waals surface area (Å²) in [5.41, 5.74) is 0.515.